The van der Waals surface area contributed by atoms with Gasteiger partial charge in [-0.05, 0) is 39.8 Å². The summed E-state index contributed by atoms with van der Waals surface area (Å²) in [5.74, 6) is 0.375. The Bertz CT molecular complexity index is 302. The average Bonchev–Trinajstić information content (AvgIpc) is 2.52. The van der Waals surface area contributed by atoms with Crippen LogP contribution in [0.15, 0.2) is 0 Å². The third-order valence-electron chi connectivity index (χ3n) is 3.56. The molecular weight excluding hydrogens is 186 g/mol. The first-order valence-electron chi connectivity index (χ1n) is 4.91. The Morgan fingerprint density at radius 3 is 2.15 bits per heavy atom. The highest BCUT2D eigenvalue weighted by atomic mass is 32.2. The van der Waals surface area contributed by atoms with Gasteiger partial charge in [0.25, 0.3) is 0 Å². The van der Waals surface area contributed by atoms with Crippen LogP contribution in [0.5, 0.6) is 0 Å². The lowest BCUT2D eigenvalue weighted by Crippen LogP contribution is -2.66. The molecule has 0 aliphatic carbocycles. The van der Waals surface area contributed by atoms with Crippen molar-refractivity contribution in [3.05, 3.63) is 0 Å². The SMILES string of the molecule is CC1(C)C(N2CCCC2)CS1(=O)=O. The minimum Gasteiger partial charge on any atom is -0.298 e. The van der Waals surface area contributed by atoms with E-state index < -0.39 is 14.6 Å². The van der Waals surface area contributed by atoms with Crippen molar-refractivity contribution >= 4 is 9.84 Å². The average molecular weight is 203 g/mol. The summed E-state index contributed by atoms with van der Waals surface area (Å²) in [6.07, 6.45) is 2.46. The molecule has 13 heavy (non-hydrogen) atoms. The van der Waals surface area contributed by atoms with E-state index in [1.165, 1.54) is 12.8 Å². The fourth-order valence-electron chi connectivity index (χ4n) is 2.33. The van der Waals surface area contributed by atoms with E-state index >= 15 is 0 Å². The molecule has 0 radical (unpaired) electrons. The van der Waals surface area contributed by atoms with Crippen LogP contribution in [0.4, 0.5) is 0 Å². The monoisotopic (exact) mass is 203 g/mol. The molecule has 0 N–H and O–H groups in total. The molecule has 2 rings (SSSR count). The molecule has 0 aromatic rings. The number of hydrogen-bond donors (Lipinski definition) is 0. The highest BCUT2D eigenvalue weighted by Crippen LogP contribution is 2.38. The molecule has 2 saturated heterocycles. The fraction of sp³-hybridized carbons (Fsp3) is 1.00. The molecule has 1 atom stereocenters. The van der Waals surface area contributed by atoms with E-state index in [-0.39, 0.29) is 6.04 Å². The van der Waals surface area contributed by atoms with Crippen LogP contribution in [0.2, 0.25) is 0 Å². The predicted octanol–water partition coefficient (Wildman–Crippen LogP) is 0.658. The zero-order chi connectivity index (χ0) is 9.69. The minimum absolute atomic E-state index is 0.278. The standard InChI is InChI=1S/C9H17NO2S/c1-9(2)8(7-13(9,11)12)10-5-3-4-6-10/h8H,3-7H2,1-2H3. The maximum atomic E-state index is 11.5. The van der Waals surface area contributed by atoms with Gasteiger partial charge in [0.1, 0.15) is 0 Å². The van der Waals surface area contributed by atoms with E-state index in [1.807, 2.05) is 13.8 Å². The smallest absolute Gasteiger partial charge is 0.158 e. The van der Waals surface area contributed by atoms with Gasteiger partial charge in [0.2, 0.25) is 0 Å². The quantitative estimate of drug-likeness (QED) is 0.628. The first-order chi connectivity index (χ1) is 5.95. The summed E-state index contributed by atoms with van der Waals surface area (Å²) in [7, 11) is -2.79. The molecule has 3 nitrogen and oxygen atoms in total. The van der Waals surface area contributed by atoms with Gasteiger partial charge in [-0.2, -0.15) is 0 Å². The zero-order valence-corrected chi connectivity index (χ0v) is 9.10. The van der Waals surface area contributed by atoms with Gasteiger partial charge in [-0.3, -0.25) is 4.90 Å². The molecule has 2 heterocycles. The summed E-state index contributed by atoms with van der Waals surface area (Å²) in [5.41, 5.74) is 0. The Morgan fingerprint density at radius 1 is 1.23 bits per heavy atom. The first kappa shape index (κ1) is 9.46. The van der Waals surface area contributed by atoms with Crippen LogP contribution in [-0.2, 0) is 9.84 Å². The Morgan fingerprint density at radius 2 is 1.77 bits per heavy atom. The third kappa shape index (κ3) is 1.22. The van der Waals surface area contributed by atoms with Crippen molar-refractivity contribution in [1.82, 2.24) is 4.90 Å². The summed E-state index contributed by atoms with van der Waals surface area (Å²) >= 11 is 0. The van der Waals surface area contributed by atoms with Gasteiger partial charge in [0.15, 0.2) is 9.84 Å². The van der Waals surface area contributed by atoms with Gasteiger partial charge >= 0.3 is 0 Å². The van der Waals surface area contributed by atoms with Crippen LogP contribution in [-0.4, -0.2) is 42.9 Å². The predicted molar refractivity (Wildman–Crippen MR) is 52.5 cm³/mol. The van der Waals surface area contributed by atoms with Crippen molar-refractivity contribution < 1.29 is 8.42 Å². The molecule has 0 spiro atoms. The lowest BCUT2D eigenvalue weighted by atomic mass is 10.0. The third-order valence-corrected chi connectivity index (χ3v) is 6.19. The molecule has 0 saturated carbocycles. The van der Waals surface area contributed by atoms with Gasteiger partial charge in [-0.25, -0.2) is 8.42 Å². The second kappa shape index (κ2) is 2.70. The highest BCUT2D eigenvalue weighted by molar-refractivity contribution is 7.94. The topological polar surface area (TPSA) is 37.4 Å². The van der Waals surface area contributed by atoms with Crippen LogP contribution in [0.3, 0.4) is 0 Å². The Labute approximate surface area is 80.0 Å². The lowest BCUT2D eigenvalue weighted by molar-refractivity contribution is 0.198. The lowest BCUT2D eigenvalue weighted by Gasteiger charge is -2.48. The van der Waals surface area contributed by atoms with E-state index in [0.29, 0.717) is 5.75 Å². The number of rotatable bonds is 1. The minimum atomic E-state index is -2.79. The highest BCUT2D eigenvalue weighted by Gasteiger charge is 2.55. The fourth-order valence-corrected chi connectivity index (χ4v) is 4.15. The van der Waals surface area contributed by atoms with E-state index in [4.69, 9.17) is 0 Å². The molecule has 2 aliphatic rings. The molecule has 0 amide bonds. The summed E-state index contributed by atoms with van der Waals surface area (Å²) in [6.45, 7) is 5.89. The molecule has 2 fully saturated rings. The summed E-state index contributed by atoms with van der Waals surface area (Å²) in [5, 5.41) is 0. The summed E-state index contributed by atoms with van der Waals surface area (Å²) < 4.78 is 22.5. The molecule has 4 heteroatoms. The molecule has 1 unspecified atom stereocenters. The normalized spacial score (nSPS) is 37.2. The first-order valence-corrected chi connectivity index (χ1v) is 6.57. The van der Waals surface area contributed by atoms with Crippen molar-refractivity contribution in [2.24, 2.45) is 0 Å². The van der Waals surface area contributed by atoms with Crippen LogP contribution in [0.1, 0.15) is 26.7 Å². The maximum Gasteiger partial charge on any atom is 0.158 e. The van der Waals surface area contributed by atoms with Crippen molar-refractivity contribution in [2.75, 3.05) is 18.8 Å². The van der Waals surface area contributed by atoms with E-state index in [0.717, 1.165) is 13.1 Å². The Balaban J connectivity index is 2.13. The number of likely N-dealkylation sites (tertiary alicyclic amines) is 1. The number of hydrogen-bond acceptors (Lipinski definition) is 3. The molecule has 76 valence electrons. The van der Waals surface area contributed by atoms with E-state index in [1.54, 1.807) is 0 Å². The van der Waals surface area contributed by atoms with E-state index in [2.05, 4.69) is 4.90 Å². The van der Waals surface area contributed by atoms with Gasteiger partial charge in [0, 0.05) is 6.04 Å². The maximum absolute atomic E-state index is 11.5. The second-order valence-corrected chi connectivity index (χ2v) is 7.26. The largest absolute Gasteiger partial charge is 0.298 e. The summed E-state index contributed by atoms with van der Waals surface area (Å²) in [6, 6.07) is 0.278. The number of nitrogens with zero attached hydrogens (tertiary/aromatic N) is 1. The van der Waals surface area contributed by atoms with Crippen molar-refractivity contribution in [2.45, 2.75) is 37.5 Å². The second-order valence-electron chi connectivity index (χ2n) is 4.64. The van der Waals surface area contributed by atoms with E-state index in [9.17, 15) is 8.42 Å². The van der Waals surface area contributed by atoms with Crippen LogP contribution >= 0.6 is 0 Å². The number of sulfone groups is 1. The molecule has 0 aromatic heterocycles. The van der Waals surface area contributed by atoms with Crippen LogP contribution in [0, 0.1) is 0 Å². The van der Waals surface area contributed by atoms with Crippen molar-refractivity contribution in [3.63, 3.8) is 0 Å². The van der Waals surface area contributed by atoms with Gasteiger partial charge in [-0.15, -0.1) is 0 Å². The molecule has 2 aliphatic heterocycles. The Hall–Kier alpha value is -0.0900. The van der Waals surface area contributed by atoms with Crippen molar-refractivity contribution in [1.29, 1.82) is 0 Å². The van der Waals surface area contributed by atoms with Gasteiger partial charge in [-0.1, -0.05) is 0 Å². The van der Waals surface area contributed by atoms with Crippen LogP contribution in [0.25, 0.3) is 0 Å². The van der Waals surface area contributed by atoms with Crippen molar-refractivity contribution in [3.8, 4) is 0 Å². The zero-order valence-electron chi connectivity index (χ0n) is 8.28. The summed E-state index contributed by atoms with van der Waals surface area (Å²) in [4.78, 5) is 2.33. The van der Waals surface area contributed by atoms with Crippen LogP contribution < -0.4 is 0 Å². The molecular formula is C9H17NO2S. The van der Waals surface area contributed by atoms with Gasteiger partial charge in [0.05, 0.1) is 10.5 Å². The molecule has 0 bridgehead atoms. The Kier molecular flexibility index (Phi) is 1.97. The van der Waals surface area contributed by atoms with Gasteiger partial charge < -0.3 is 0 Å². The molecule has 0 aromatic carbocycles.